The topological polar surface area (TPSA) is 130 Å². The lowest BCUT2D eigenvalue weighted by Gasteiger charge is -2.28. The molecular weight excluding hydrogens is 266 g/mol. The zero-order chi connectivity index (χ0) is 13.5. The number of primary amides is 1. The van der Waals surface area contributed by atoms with Gasteiger partial charge in [0.1, 0.15) is 12.8 Å². The number of rotatable bonds is 4. The van der Waals surface area contributed by atoms with Gasteiger partial charge in [0.2, 0.25) is 5.91 Å². The minimum Gasteiger partial charge on any atom is -0.368 e. The molecule has 102 valence electrons. The Labute approximate surface area is 103 Å². The number of urea groups is 1. The molecule has 9 nitrogen and oxygen atoms in total. The summed E-state index contributed by atoms with van der Waals surface area (Å²) in [6.07, 6.45) is 0.971. The van der Waals surface area contributed by atoms with Gasteiger partial charge in [-0.15, -0.1) is 0 Å². The number of nitrogens with two attached hydrogens (primary N) is 1. The molecule has 2 aliphatic heterocycles. The minimum absolute atomic E-state index is 0.227. The van der Waals surface area contributed by atoms with E-state index >= 15 is 0 Å². The number of hydrogen-bond donors (Lipinski definition) is 2. The summed E-state index contributed by atoms with van der Waals surface area (Å²) in [7, 11) is -4.60. The van der Waals surface area contributed by atoms with Gasteiger partial charge in [-0.3, -0.25) is 14.2 Å². The monoisotopic (exact) mass is 279 g/mol. The number of piperidine rings is 1. The van der Waals surface area contributed by atoms with Crippen LogP contribution in [0.3, 0.4) is 0 Å². The van der Waals surface area contributed by atoms with E-state index in [0.29, 0.717) is 19.4 Å². The maximum Gasteiger partial charge on any atom is 0.399 e. The smallest absolute Gasteiger partial charge is 0.368 e. The Morgan fingerprint density at radius 3 is 2.72 bits per heavy atom. The van der Waals surface area contributed by atoms with Gasteiger partial charge in [0, 0.05) is 6.54 Å². The van der Waals surface area contributed by atoms with Crippen molar-refractivity contribution < 1.29 is 26.7 Å². The van der Waals surface area contributed by atoms with Crippen molar-refractivity contribution in [3.8, 4) is 0 Å². The summed E-state index contributed by atoms with van der Waals surface area (Å²) in [6.45, 7) is -0.258. The van der Waals surface area contributed by atoms with Crippen molar-refractivity contribution in [2.45, 2.75) is 24.9 Å². The van der Waals surface area contributed by atoms with Crippen LogP contribution >= 0.6 is 0 Å². The molecule has 3 N–H and O–H groups in total. The molecule has 2 bridgehead atoms. The van der Waals surface area contributed by atoms with Crippen LogP contribution < -0.4 is 5.73 Å². The summed E-state index contributed by atoms with van der Waals surface area (Å²) in [5.74, 6) is -0.584. The highest BCUT2D eigenvalue weighted by molar-refractivity contribution is 7.80. The third-order valence-corrected chi connectivity index (χ3v) is 3.56. The molecule has 3 amide bonds. The van der Waals surface area contributed by atoms with E-state index in [0.717, 1.165) is 4.90 Å². The molecule has 2 aliphatic rings. The molecule has 2 rings (SSSR count). The van der Waals surface area contributed by atoms with Gasteiger partial charge < -0.3 is 10.6 Å². The Kier molecular flexibility index (Phi) is 3.17. The Morgan fingerprint density at radius 1 is 1.50 bits per heavy atom. The number of nitrogens with zero attached hydrogens (tertiary/aromatic N) is 2. The molecule has 0 aliphatic carbocycles. The van der Waals surface area contributed by atoms with Crippen LogP contribution in [0.2, 0.25) is 0 Å². The Balaban J connectivity index is 2.08. The largest absolute Gasteiger partial charge is 0.399 e. The van der Waals surface area contributed by atoms with Gasteiger partial charge in [-0.05, 0) is 12.8 Å². The van der Waals surface area contributed by atoms with Crippen molar-refractivity contribution in [3.05, 3.63) is 0 Å². The van der Waals surface area contributed by atoms with Gasteiger partial charge in [-0.2, -0.15) is 8.42 Å². The molecule has 2 fully saturated rings. The second kappa shape index (κ2) is 4.37. The van der Waals surface area contributed by atoms with Gasteiger partial charge in [0.15, 0.2) is 0 Å². The van der Waals surface area contributed by atoms with Crippen LogP contribution in [0.25, 0.3) is 0 Å². The molecule has 2 saturated heterocycles. The van der Waals surface area contributed by atoms with E-state index in [2.05, 4.69) is 4.18 Å². The van der Waals surface area contributed by atoms with Crippen LogP contribution in [0.5, 0.6) is 0 Å². The lowest BCUT2D eigenvalue weighted by atomic mass is 10.0. The second-order valence-corrected chi connectivity index (χ2v) is 5.32. The molecule has 10 heteroatoms. The first-order chi connectivity index (χ1) is 8.29. The number of hydrogen-bond acceptors (Lipinski definition) is 5. The average molecular weight is 279 g/mol. The van der Waals surface area contributed by atoms with Gasteiger partial charge in [-0.25, -0.2) is 8.98 Å². The van der Waals surface area contributed by atoms with Crippen molar-refractivity contribution >= 4 is 22.3 Å². The van der Waals surface area contributed by atoms with E-state index < -0.39 is 35.1 Å². The lowest BCUT2D eigenvalue weighted by Crippen LogP contribution is -2.47. The molecule has 0 spiro atoms. The summed E-state index contributed by atoms with van der Waals surface area (Å²) >= 11 is 0. The first kappa shape index (κ1) is 13.1. The normalized spacial score (nSPS) is 27.7. The fraction of sp³-hybridized carbons (Fsp3) is 0.750. The minimum atomic E-state index is -4.60. The van der Waals surface area contributed by atoms with Gasteiger partial charge in [-0.1, -0.05) is 0 Å². The Hall–Kier alpha value is -1.39. The van der Waals surface area contributed by atoms with E-state index in [4.69, 9.17) is 10.3 Å². The highest BCUT2D eigenvalue weighted by atomic mass is 32.3. The van der Waals surface area contributed by atoms with Gasteiger partial charge in [0.05, 0.1) is 6.04 Å². The van der Waals surface area contributed by atoms with E-state index in [1.165, 1.54) is 4.90 Å². The summed E-state index contributed by atoms with van der Waals surface area (Å²) in [5.41, 5.74) is 5.18. The molecule has 0 unspecified atom stereocenters. The zero-order valence-electron chi connectivity index (χ0n) is 9.35. The van der Waals surface area contributed by atoms with Crippen LogP contribution in [0.4, 0.5) is 4.79 Å². The highest BCUT2D eigenvalue weighted by Crippen LogP contribution is 2.29. The fourth-order valence-electron chi connectivity index (χ4n) is 2.32. The highest BCUT2D eigenvalue weighted by Gasteiger charge is 2.46. The van der Waals surface area contributed by atoms with Crippen LogP contribution in [0.1, 0.15) is 12.8 Å². The fourth-order valence-corrected chi connectivity index (χ4v) is 2.57. The molecule has 0 saturated carbocycles. The van der Waals surface area contributed by atoms with E-state index in [1.807, 2.05) is 0 Å². The van der Waals surface area contributed by atoms with Crippen molar-refractivity contribution in [2.24, 2.45) is 5.73 Å². The van der Waals surface area contributed by atoms with Crippen LogP contribution in [-0.2, 0) is 19.4 Å². The summed E-state index contributed by atoms with van der Waals surface area (Å²) in [5, 5.41) is 0. The quantitative estimate of drug-likeness (QED) is 0.603. The van der Waals surface area contributed by atoms with Crippen LogP contribution in [0.15, 0.2) is 0 Å². The predicted molar refractivity (Wildman–Crippen MR) is 57.4 cm³/mol. The Morgan fingerprint density at radius 2 is 2.17 bits per heavy atom. The zero-order valence-corrected chi connectivity index (χ0v) is 10.2. The standard InChI is InChI=1S/C8H13N3O6S/c9-7(12)6-2-1-5-3-10(6)8(13)11(5)4-17-18(14,15)16/h5-6H,1-4H2,(H2,9,12)(H,14,15,16)/t5-,6+/m1/s1. The van der Waals surface area contributed by atoms with Crippen molar-refractivity contribution in [1.82, 2.24) is 9.80 Å². The predicted octanol–water partition coefficient (Wildman–Crippen LogP) is -1.48. The summed E-state index contributed by atoms with van der Waals surface area (Å²) in [6, 6.07) is -1.40. The van der Waals surface area contributed by atoms with Crippen LogP contribution in [0, 0.1) is 0 Å². The van der Waals surface area contributed by atoms with Crippen molar-refractivity contribution in [1.29, 1.82) is 0 Å². The Bertz CT molecular complexity index is 477. The molecule has 0 aromatic rings. The molecule has 0 aromatic carbocycles. The SMILES string of the molecule is NC(=O)[C@@H]1CC[C@@H]2CN1C(=O)N2COS(=O)(=O)O. The molecule has 2 atom stereocenters. The molecule has 0 radical (unpaired) electrons. The van der Waals surface area contributed by atoms with Gasteiger partial charge in [0.25, 0.3) is 0 Å². The average Bonchev–Trinajstić information content (AvgIpc) is 2.48. The van der Waals surface area contributed by atoms with E-state index in [1.54, 1.807) is 0 Å². The third-order valence-electron chi connectivity index (χ3n) is 3.16. The number of amides is 3. The number of carbonyl (C=O) groups is 2. The lowest BCUT2D eigenvalue weighted by molar-refractivity contribution is -0.122. The van der Waals surface area contributed by atoms with E-state index in [-0.39, 0.29) is 6.04 Å². The number of fused-ring (bicyclic) bond motifs is 2. The second-order valence-electron chi connectivity index (χ2n) is 4.23. The van der Waals surface area contributed by atoms with Gasteiger partial charge >= 0.3 is 16.4 Å². The molecular formula is C8H13N3O6S. The van der Waals surface area contributed by atoms with Crippen molar-refractivity contribution in [2.75, 3.05) is 13.3 Å². The summed E-state index contributed by atoms with van der Waals surface area (Å²) in [4.78, 5) is 25.5. The first-order valence-corrected chi connectivity index (χ1v) is 6.64. The molecule has 0 aromatic heterocycles. The third kappa shape index (κ3) is 2.40. The van der Waals surface area contributed by atoms with Crippen molar-refractivity contribution in [3.63, 3.8) is 0 Å². The first-order valence-electron chi connectivity index (χ1n) is 5.28. The van der Waals surface area contributed by atoms with E-state index in [9.17, 15) is 18.0 Å². The maximum absolute atomic E-state index is 11.9. The maximum atomic E-state index is 11.9. The van der Waals surface area contributed by atoms with Crippen LogP contribution in [-0.4, -0.2) is 60.1 Å². The molecule has 2 heterocycles. The number of carbonyl (C=O) groups excluding carboxylic acids is 2. The molecule has 18 heavy (non-hydrogen) atoms. The summed E-state index contributed by atoms with van der Waals surface area (Å²) < 4.78 is 33.6.